The monoisotopic (exact) mass is 271 g/mol. The molecule has 1 saturated heterocycles. The number of rotatable bonds is 5. The summed E-state index contributed by atoms with van der Waals surface area (Å²) < 4.78 is 11.3. The third-order valence-electron chi connectivity index (χ3n) is 2.90. The highest BCUT2D eigenvalue weighted by molar-refractivity contribution is 6.17. The molecule has 5 nitrogen and oxygen atoms in total. The van der Waals surface area contributed by atoms with Crippen molar-refractivity contribution >= 4 is 17.3 Å². The summed E-state index contributed by atoms with van der Waals surface area (Å²) in [5.41, 5.74) is 0.492. The Kier molecular flexibility index (Phi) is 4.16. The predicted octanol–water partition coefficient (Wildman–Crippen LogP) is 2.81. The molecule has 0 N–H and O–H groups in total. The van der Waals surface area contributed by atoms with Crippen molar-refractivity contribution in [1.29, 1.82) is 0 Å². The number of hydrogen-bond acceptors (Lipinski definition) is 4. The molecule has 98 valence electrons. The lowest BCUT2D eigenvalue weighted by Gasteiger charge is -2.27. The van der Waals surface area contributed by atoms with E-state index in [1.54, 1.807) is 18.2 Å². The van der Waals surface area contributed by atoms with E-state index in [0.29, 0.717) is 37.5 Å². The summed E-state index contributed by atoms with van der Waals surface area (Å²) in [5, 5.41) is 11.1. The molecule has 0 amide bonds. The molecule has 0 atom stereocenters. The molecule has 0 aromatic heterocycles. The van der Waals surface area contributed by atoms with E-state index < -0.39 is 10.7 Å². The van der Waals surface area contributed by atoms with Crippen LogP contribution in [0.1, 0.15) is 18.4 Å². The maximum absolute atomic E-state index is 11.1. The summed E-state index contributed by atoms with van der Waals surface area (Å²) in [4.78, 5) is 10.6. The van der Waals surface area contributed by atoms with Crippen molar-refractivity contribution in [1.82, 2.24) is 0 Å². The fourth-order valence-corrected chi connectivity index (χ4v) is 2.28. The molecule has 0 aliphatic carbocycles. The second kappa shape index (κ2) is 5.65. The molecule has 0 spiro atoms. The Balaban J connectivity index is 2.39. The van der Waals surface area contributed by atoms with Crippen molar-refractivity contribution in [2.45, 2.75) is 18.6 Å². The predicted molar refractivity (Wildman–Crippen MR) is 66.6 cm³/mol. The van der Waals surface area contributed by atoms with E-state index in [4.69, 9.17) is 21.1 Å². The number of nitrogens with zero attached hydrogens (tertiary/aromatic N) is 1. The van der Waals surface area contributed by atoms with Crippen LogP contribution in [0.5, 0.6) is 0 Å². The Morgan fingerprint density at radius 3 is 2.61 bits per heavy atom. The van der Waals surface area contributed by atoms with E-state index in [-0.39, 0.29) is 5.69 Å². The van der Waals surface area contributed by atoms with Crippen LogP contribution in [0, 0.1) is 10.1 Å². The average molecular weight is 272 g/mol. The van der Waals surface area contributed by atoms with E-state index in [1.165, 1.54) is 6.07 Å². The van der Waals surface area contributed by atoms with Gasteiger partial charge in [-0.3, -0.25) is 10.1 Å². The number of hydrogen-bond donors (Lipinski definition) is 0. The van der Waals surface area contributed by atoms with E-state index in [9.17, 15) is 10.1 Å². The summed E-state index contributed by atoms with van der Waals surface area (Å²) in [7, 11) is 0. The van der Waals surface area contributed by atoms with Crippen molar-refractivity contribution in [2.24, 2.45) is 0 Å². The Morgan fingerprint density at radius 1 is 1.33 bits per heavy atom. The third kappa shape index (κ3) is 2.48. The second-order valence-electron chi connectivity index (χ2n) is 4.02. The van der Waals surface area contributed by atoms with Gasteiger partial charge in [0.25, 0.3) is 5.69 Å². The van der Waals surface area contributed by atoms with E-state index in [0.717, 1.165) is 0 Å². The van der Waals surface area contributed by atoms with Crippen molar-refractivity contribution < 1.29 is 14.4 Å². The zero-order valence-electron chi connectivity index (χ0n) is 9.80. The van der Waals surface area contributed by atoms with Crippen LogP contribution in [0.4, 0.5) is 5.69 Å². The first-order valence-electron chi connectivity index (χ1n) is 5.77. The molecular weight excluding hydrogens is 258 g/mol. The molecule has 1 heterocycles. The van der Waals surface area contributed by atoms with Gasteiger partial charge in [0.1, 0.15) is 0 Å². The summed E-state index contributed by atoms with van der Waals surface area (Å²) in [6.07, 6.45) is 1.19. The van der Waals surface area contributed by atoms with Gasteiger partial charge in [-0.15, -0.1) is 11.6 Å². The fourth-order valence-electron chi connectivity index (χ4n) is 2.14. The van der Waals surface area contributed by atoms with Crippen molar-refractivity contribution in [3.63, 3.8) is 0 Å². The number of halogens is 1. The quantitative estimate of drug-likeness (QED) is 0.469. The number of alkyl halides is 1. The van der Waals surface area contributed by atoms with Gasteiger partial charge in [-0.1, -0.05) is 12.1 Å². The number of benzene rings is 1. The van der Waals surface area contributed by atoms with E-state index in [2.05, 4.69) is 0 Å². The minimum Gasteiger partial charge on any atom is -0.343 e. The third-order valence-corrected chi connectivity index (χ3v) is 3.17. The van der Waals surface area contributed by atoms with Crippen molar-refractivity contribution in [3.8, 4) is 0 Å². The zero-order chi connectivity index (χ0) is 13.0. The van der Waals surface area contributed by atoms with Crippen molar-refractivity contribution in [3.05, 3.63) is 39.9 Å². The Morgan fingerprint density at radius 2 is 2.00 bits per heavy atom. The summed E-state index contributed by atoms with van der Waals surface area (Å²) in [5.74, 6) is -0.548. The molecule has 0 unspecified atom stereocenters. The van der Waals surface area contributed by atoms with Gasteiger partial charge in [0.2, 0.25) is 5.79 Å². The lowest BCUT2D eigenvalue weighted by Crippen LogP contribution is -2.28. The van der Waals surface area contributed by atoms with E-state index >= 15 is 0 Å². The molecule has 1 aromatic carbocycles. The number of nitro groups is 1. The van der Waals surface area contributed by atoms with Gasteiger partial charge in [-0.2, -0.15) is 0 Å². The molecule has 1 aromatic rings. The normalized spacial score (nSPS) is 17.8. The summed E-state index contributed by atoms with van der Waals surface area (Å²) in [6, 6.07) is 6.52. The Labute approximate surface area is 110 Å². The first-order chi connectivity index (χ1) is 8.69. The van der Waals surface area contributed by atoms with Gasteiger partial charge >= 0.3 is 0 Å². The molecular formula is C12H14ClNO4. The molecule has 1 aliphatic rings. The minimum atomic E-state index is -1.02. The molecule has 1 aliphatic heterocycles. The summed E-state index contributed by atoms with van der Waals surface area (Å²) in [6.45, 7) is 0.878. The summed E-state index contributed by atoms with van der Waals surface area (Å²) >= 11 is 5.69. The average Bonchev–Trinajstić information content (AvgIpc) is 2.86. The molecule has 2 rings (SSSR count). The van der Waals surface area contributed by atoms with Crippen LogP contribution in [0.2, 0.25) is 0 Å². The molecule has 0 bridgehead atoms. The lowest BCUT2D eigenvalue weighted by atomic mass is 9.99. The zero-order valence-corrected chi connectivity index (χ0v) is 10.6. The van der Waals surface area contributed by atoms with Gasteiger partial charge in [-0.25, -0.2) is 0 Å². The van der Waals surface area contributed by atoms with Gasteiger partial charge in [0, 0.05) is 18.4 Å². The first kappa shape index (κ1) is 13.3. The number of nitro benzene ring substituents is 1. The highest BCUT2D eigenvalue weighted by Gasteiger charge is 2.42. The highest BCUT2D eigenvalue weighted by Crippen LogP contribution is 2.40. The lowest BCUT2D eigenvalue weighted by molar-refractivity contribution is -0.388. The van der Waals surface area contributed by atoms with Crippen LogP contribution in [-0.2, 0) is 15.3 Å². The Bertz CT molecular complexity index is 432. The second-order valence-corrected chi connectivity index (χ2v) is 4.39. The molecule has 0 radical (unpaired) electrons. The van der Waals surface area contributed by atoms with Gasteiger partial charge < -0.3 is 9.47 Å². The topological polar surface area (TPSA) is 61.6 Å². The van der Waals surface area contributed by atoms with Gasteiger partial charge in [-0.05, 0) is 12.5 Å². The minimum absolute atomic E-state index is 0.0222. The largest absolute Gasteiger partial charge is 0.343 e. The first-order valence-corrected chi connectivity index (χ1v) is 6.31. The van der Waals surface area contributed by atoms with Crippen molar-refractivity contribution in [2.75, 3.05) is 19.1 Å². The van der Waals surface area contributed by atoms with Crippen LogP contribution in [0.3, 0.4) is 0 Å². The number of para-hydroxylation sites is 1. The van der Waals surface area contributed by atoms with Crippen LogP contribution < -0.4 is 0 Å². The van der Waals surface area contributed by atoms with Crippen LogP contribution >= 0.6 is 11.6 Å². The van der Waals surface area contributed by atoms with E-state index in [1.807, 2.05) is 0 Å². The molecule has 1 fully saturated rings. The maximum atomic E-state index is 11.1. The molecule has 18 heavy (non-hydrogen) atoms. The van der Waals surface area contributed by atoms with Crippen LogP contribution in [0.15, 0.2) is 24.3 Å². The smallest absolute Gasteiger partial charge is 0.278 e. The highest BCUT2D eigenvalue weighted by atomic mass is 35.5. The fraction of sp³-hybridized carbons (Fsp3) is 0.500. The van der Waals surface area contributed by atoms with Crippen LogP contribution in [0.25, 0.3) is 0 Å². The molecule has 0 saturated carbocycles. The van der Waals surface area contributed by atoms with Gasteiger partial charge in [0.15, 0.2) is 0 Å². The standard InChI is InChI=1S/C12H14ClNO4/c13-7-3-6-12(17-8-9-18-12)10-4-1-2-5-11(10)14(15)16/h1-2,4-5H,3,6-9H2. The Hall–Kier alpha value is -1.17. The molecule has 6 heteroatoms. The van der Waals surface area contributed by atoms with Crippen LogP contribution in [-0.4, -0.2) is 24.0 Å². The number of ether oxygens (including phenoxy) is 2. The SMILES string of the molecule is O=[N+]([O-])c1ccccc1C1(CCCCl)OCCO1. The maximum Gasteiger partial charge on any atom is 0.278 e. The van der Waals surface area contributed by atoms with Gasteiger partial charge in [0.05, 0.1) is 23.7 Å².